The molecule has 2 aromatic carbocycles. The molecule has 0 bridgehead atoms. The average molecular weight is 407 g/mol. The van der Waals surface area contributed by atoms with Crippen LogP contribution in [0.2, 0.25) is 5.02 Å². The zero-order valence-electron chi connectivity index (χ0n) is 15.8. The average Bonchev–Trinajstić information content (AvgIpc) is 2.92. The Morgan fingerprint density at radius 2 is 1.79 bits per heavy atom. The van der Waals surface area contributed by atoms with E-state index in [1.165, 1.54) is 17.3 Å². The van der Waals surface area contributed by atoms with Gasteiger partial charge in [0.1, 0.15) is 0 Å². The van der Waals surface area contributed by atoms with Crippen LogP contribution < -0.4 is 4.90 Å². The lowest BCUT2D eigenvalue weighted by molar-refractivity contribution is -0.136. The summed E-state index contributed by atoms with van der Waals surface area (Å²) in [5.41, 5.74) is 1.38. The monoisotopic (exact) mass is 406 g/mol. The third kappa shape index (κ3) is 3.55. The Bertz CT molecular complexity index is 1080. The highest BCUT2D eigenvalue weighted by atomic mass is 35.5. The highest BCUT2D eigenvalue weighted by molar-refractivity contribution is 6.31. The minimum absolute atomic E-state index is 0.291. The lowest BCUT2D eigenvalue weighted by atomic mass is 9.88. The van der Waals surface area contributed by atoms with Crippen molar-refractivity contribution in [2.45, 2.75) is 25.5 Å². The predicted octanol–water partition coefficient (Wildman–Crippen LogP) is 4.05. The Labute approximate surface area is 173 Å². The molecule has 0 saturated carbocycles. The molecule has 3 aromatic rings. The summed E-state index contributed by atoms with van der Waals surface area (Å²) in [7, 11) is 0. The van der Waals surface area contributed by atoms with Crippen molar-refractivity contribution in [1.82, 2.24) is 4.98 Å². The first kappa shape index (κ1) is 19.3. The largest absolute Gasteiger partial charge is 0.375 e. The molecule has 0 unspecified atom stereocenters. The van der Waals surface area contributed by atoms with Gasteiger partial charge >= 0.3 is 0 Å². The van der Waals surface area contributed by atoms with Crippen molar-refractivity contribution >= 4 is 29.0 Å². The van der Waals surface area contributed by atoms with Crippen LogP contribution in [0.3, 0.4) is 0 Å². The van der Waals surface area contributed by atoms with Crippen LogP contribution in [-0.2, 0) is 16.9 Å². The van der Waals surface area contributed by atoms with Gasteiger partial charge in [0.2, 0.25) is 0 Å². The van der Waals surface area contributed by atoms with E-state index in [-0.39, 0.29) is 12.2 Å². The van der Waals surface area contributed by atoms with Gasteiger partial charge in [-0.1, -0.05) is 41.4 Å². The molecule has 29 heavy (non-hydrogen) atoms. The van der Waals surface area contributed by atoms with Crippen molar-refractivity contribution in [3.8, 4) is 0 Å². The van der Waals surface area contributed by atoms with Crippen LogP contribution in [0.5, 0.6) is 0 Å². The number of benzene rings is 2. The molecular formula is C23H19ClN2O3. The van der Waals surface area contributed by atoms with Crippen LogP contribution in [0, 0.1) is 6.92 Å². The molecule has 0 aliphatic carbocycles. The summed E-state index contributed by atoms with van der Waals surface area (Å²) in [6.07, 6.45) is 2.64. The normalized spacial score (nSPS) is 18.0. The first-order valence-electron chi connectivity index (χ1n) is 9.21. The molecule has 6 heteroatoms. The van der Waals surface area contributed by atoms with E-state index in [0.717, 1.165) is 11.1 Å². The maximum Gasteiger partial charge on any atom is 0.264 e. The fraction of sp³-hybridized carbons (Fsp3) is 0.174. The number of Topliss-reactive ketones (excluding diaryl/α,β-unsaturated/α-hetero) is 1. The van der Waals surface area contributed by atoms with Gasteiger partial charge in [-0.2, -0.15) is 0 Å². The van der Waals surface area contributed by atoms with Crippen molar-refractivity contribution in [1.29, 1.82) is 0 Å². The Morgan fingerprint density at radius 1 is 1.10 bits per heavy atom. The van der Waals surface area contributed by atoms with Crippen LogP contribution in [-0.4, -0.2) is 21.8 Å². The van der Waals surface area contributed by atoms with Crippen LogP contribution >= 0.6 is 11.6 Å². The molecule has 1 atom stereocenters. The quantitative estimate of drug-likeness (QED) is 0.649. The molecule has 5 nitrogen and oxygen atoms in total. The number of rotatable bonds is 5. The molecule has 1 aliphatic heterocycles. The number of aromatic nitrogens is 1. The smallest absolute Gasteiger partial charge is 0.264 e. The van der Waals surface area contributed by atoms with Crippen molar-refractivity contribution < 1.29 is 14.7 Å². The molecule has 0 radical (unpaired) electrons. The molecule has 4 rings (SSSR count). The van der Waals surface area contributed by atoms with Gasteiger partial charge in [-0.05, 0) is 42.8 Å². The van der Waals surface area contributed by atoms with Crippen LogP contribution in [0.15, 0.2) is 67.0 Å². The van der Waals surface area contributed by atoms with Crippen LogP contribution in [0.4, 0.5) is 5.69 Å². The minimum atomic E-state index is -1.97. The number of aliphatic hydroxyl groups is 1. The fourth-order valence-corrected chi connectivity index (χ4v) is 3.77. The minimum Gasteiger partial charge on any atom is -0.375 e. The molecule has 0 fully saturated rings. The number of hydrogen-bond acceptors (Lipinski definition) is 4. The Morgan fingerprint density at radius 3 is 2.48 bits per heavy atom. The maximum absolute atomic E-state index is 13.3. The topological polar surface area (TPSA) is 70.5 Å². The van der Waals surface area contributed by atoms with Gasteiger partial charge < -0.3 is 10.0 Å². The molecule has 1 amide bonds. The first-order valence-corrected chi connectivity index (χ1v) is 9.59. The number of amides is 1. The summed E-state index contributed by atoms with van der Waals surface area (Å²) in [5, 5.41) is 11.8. The molecular weight excluding hydrogens is 388 g/mol. The van der Waals surface area contributed by atoms with Crippen molar-refractivity contribution in [3.05, 3.63) is 94.3 Å². The number of carbonyl (C=O) groups is 2. The number of anilines is 1. The van der Waals surface area contributed by atoms with E-state index >= 15 is 0 Å². The third-order valence-electron chi connectivity index (χ3n) is 5.17. The summed E-state index contributed by atoms with van der Waals surface area (Å²) in [6, 6.07) is 15.9. The van der Waals surface area contributed by atoms with Crippen molar-refractivity contribution in [2.75, 3.05) is 4.90 Å². The van der Waals surface area contributed by atoms with E-state index in [0.29, 0.717) is 28.4 Å². The van der Waals surface area contributed by atoms with Gasteiger partial charge in [0.25, 0.3) is 5.91 Å². The standard InChI is InChI=1S/C23H19ClN2O3/c1-15-2-4-16(5-3-15)14-26-20-7-6-18(24)12-19(20)23(29,22(26)28)13-21(27)17-8-10-25-11-9-17/h2-12,29H,13-14H2,1H3/t23-/m1/s1. The second kappa shape index (κ2) is 7.43. The predicted molar refractivity (Wildman–Crippen MR) is 111 cm³/mol. The highest BCUT2D eigenvalue weighted by Gasteiger charge is 2.51. The van der Waals surface area contributed by atoms with Gasteiger partial charge in [-0.25, -0.2) is 0 Å². The number of aryl methyl sites for hydroxylation is 1. The number of nitrogens with zero attached hydrogens (tertiary/aromatic N) is 2. The first-order chi connectivity index (χ1) is 13.9. The maximum atomic E-state index is 13.3. The van der Waals surface area contributed by atoms with Gasteiger partial charge in [-0.3, -0.25) is 14.6 Å². The molecule has 0 spiro atoms. The summed E-state index contributed by atoms with van der Waals surface area (Å²) in [6.45, 7) is 2.28. The van der Waals surface area contributed by atoms with E-state index < -0.39 is 11.5 Å². The van der Waals surface area contributed by atoms with Gasteiger partial charge in [0.05, 0.1) is 18.7 Å². The second-order valence-electron chi connectivity index (χ2n) is 7.23. The molecule has 1 aliphatic rings. The van der Waals surface area contributed by atoms with E-state index in [1.54, 1.807) is 30.3 Å². The van der Waals surface area contributed by atoms with Crippen molar-refractivity contribution in [3.63, 3.8) is 0 Å². The van der Waals surface area contributed by atoms with Gasteiger partial charge in [0.15, 0.2) is 11.4 Å². The van der Waals surface area contributed by atoms with E-state index in [1.807, 2.05) is 31.2 Å². The zero-order valence-corrected chi connectivity index (χ0v) is 16.6. The lowest BCUT2D eigenvalue weighted by Crippen LogP contribution is -2.41. The van der Waals surface area contributed by atoms with E-state index in [2.05, 4.69) is 4.98 Å². The number of ketones is 1. The summed E-state index contributed by atoms with van der Waals surface area (Å²) in [4.78, 5) is 31.5. The number of pyridine rings is 1. The molecule has 146 valence electrons. The van der Waals surface area contributed by atoms with Crippen LogP contribution in [0.1, 0.15) is 33.5 Å². The van der Waals surface area contributed by atoms with Crippen molar-refractivity contribution in [2.24, 2.45) is 0 Å². The zero-order chi connectivity index (χ0) is 20.6. The summed E-state index contributed by atoms with van der Waals surface area (Å²) in [5.74, 6) is -0.871. The molecule has 1 N–H and O–H groups in total. The summed E-state index contributed by atoms with van der Waals surface area (Å²) >= 11 is 6.14. The summed E-state index contributed by atoms with van der Waals surface area (Å²) < 4.78 is 0. The Hall–Kier alpha value is -3.02. The molecule has 1 aromatic heterocycles. The number of carbonyl (C=O) groups excluding carboxylic acids is 2. The van der Waals surface area contributed by atoms with Gasteiger partial charge in [0, 0.05) is 28.5 Å². The number of fused-ring (bicyclic) bond motifs is 1. The van der Waals surface area contributed by atoms with Crippen LogP contribution in [0.25, 0.3) is 0 Å². The SMILES string of the molecule is Cc1ccc(CN2C(=O)[C@@](O)(CC(=O)c3ccncc3)c3cc(Cl)ccc32)cc1. The lowest BCUT2D eigenvalue weighted by Gasteiger charge is -2.23. The highest BCUT2D eigenvalue weighted by Crippen LogP contribution is 2.44. The second-order valence-corrected chi connectivity index (χ2v) is 7.67. The fourth-order valence-electron chi connectivity index (χ4n) is 3.60. The molecule has 2 heterocycles. The van der Waals surface area contributed by atoms with Gasteiger partial charge in [-0.15, -0.1) is 0 Å². The van der Waals surface area contributed by atoms with E-state index in [4.69, 9.17) is 11.6 Å². The third-order valence-corrected chi connectivity index (χ3v) is 5.41. The molecule has 0 saturated heterocycles. The number of hydrogen-bond donors (Lipinski definition) is 1. The Balaban J connectivity index is 1.71. The van der Waals surface area contributed by atoms with E-state index in [9.17, 15) is 14.7 Å². The number of halogens is 1. The Kier molecular flexibility index (Phi) is 4.94.